The third kappa shape index (κ3) is 4.29. The molecule has 6 nitrogen and oxygen atoms in total. The summed E-state index contributed by atoms with van der Waals surface area (Å²) in [7, 11) is 0. The Labute approximate surface area is 116 Å². The SMILES string of the molecule is Cc1sc(C(=O)NC(CN)CC(C)C)cc1[N+](=O)[O-]. The van der Waals surface area contributed by atoms with Gasteiger partial charge in [-0.05, 0) is 19.3 Å². The topological polar surface area (TPSA) is 98.3 Å². The van der Waals surface area contributed by atoms with Crippen LogP contribution in [-0.4, -0.2) is 23.4 Å². The maximum absolute atomic E-state index is 12.0. The van der Waals surface area contributed by atoms with Crippen LogP contribution in [0.5, 0.6) is 0 Å². The summed E-state index contributed by atoms with van der Waals surface area (Å²) in [5.41, 5.74) is 5.60. The second-order valence-corrected chi connectivity index (χ2v) is 6.10. The first-order valence-corrected chi connectivity index (χ1v) is 6.92. The zero-order valence-corrected chi connectivity index (χ0v) is 12.1. The molecule has 0 fully saturated rings. The summed E-state index contributed by atoms with van der Waals surface area (Å²) < 4.78 is 0. The largest absolute Gasteiger partial charge is 0.347 e. The van der Waals surface area contributed by atoms with E-state index in [1.165, 1.54) is 6.07 Å². The number of nitro groups is 1. The lowest BCUT2D eigenvalue weighted by molar-refractivity contribution is -0.385. The Bertz CT molecular complexity index is 471. The summed E-state index contributed by atoms with van der Waals surface area (Å²) in [5.74, 6) is 0.130. The van der Waals surface area contributed by atoms with E-state index in [-0.39, 0.29) is 17.6 Å². The van der Waals surface area contributed by atoms with Crippen LogP contribution in [0.4, 0.5) is 5.69 Å². The molecule has 1 atom stereocenters. The zero-order valence-electron chi connectivity index (χ0n) is 11.3. The number of nitrogens with two attached hydrogens (primary N) is 1. The van der Waals surface area contributed by atoms with E-state index in [0.29, 0.717) is 22.2 Å². The summed E-state index contributed by atoms with van der Waals surface area (Å²) in [4.78, 5) is 23.2. The molecular weight excluding hydrogens is 266 g/mol. The predicted molar refractivity (Wildman–Crippen MR) is 75.5 cm³/mol. The summed E-state index contributed by atoms with van der Waals surface area (Å²) in [6.07, 6.45) is 0.786. The van der Waals surface area contributed by atoms with E-state index in [4.69, 9.17) is 5.73 Å². The van der Waals surface area contributed by atoms with Gasteiger partial charge < -0.3 is 11.1 Å². The van der Waals surface area contributed by atoms with E-state index in [1.807, 2.05) is 0 Å². The van der Waals surface area contributed by atoms with Crippen LogP contribution in [0, 0.1) is 23.0 Å². The van der Waals surface area contributed by atoms with Gasteiger partial charge in [-0.15, -0.1) is 11.3 Å². The lowest BCUT2D eigenvalue weighted by Crippen LogP contribution is -2.40. The van der Waals surface area contributed by atoms with Gasteiger partial charge in [-0.25, -0.2) is 0 Å². The number of aryl methyl sites for hydroxylation is 1. The van der Waals surface area contributed by atoms with Crippen molar-refractivity contribution in [1.29, 1.82) is 0 Å². The van der Waals surface area contributed by atoms with Crippen molar-refractivity contribution >= 4 is 22.9 Å². The number of amides is 1. The van der Waals surface area contributed by atoms with Gasteiger partial charge in [0, 0.05) is 18.7 Å². The quantitative estimate of drug-likeness (QED) is 0.617. The second kappa shape index (κ2) is 6.63. The van der Waals surface area contributed by atoms with E-state index in [1.54, 1.807) is 6.92 Å². The van der Waals surface area contributed by atoms with Crippen LogP contribution in [-0.2, 0) is 0 Å². The maximum Gasteiger partial charge on any atom is 0.283 e. The Balaban J connectivity index is 2.77. The minimum absolute atomic E-state index is 0.0108. The first kappa shape index (κ1) is 15.6. The van der Waals surface area contributed by atoms with E-state index in [9.17, 15) is 14.9 Å². The highest BCUT2D eigenvalue weighted by molar-refractivity contribution is 7.14. The van der Waals surface area contributed by atoms with Crippen LogP contribution in [0.25, 0.3) is 0 Å². The van der Waals surface area contributed by atoms with Gasteiger partial charge in [0.05, 0.1) is 14.7 Å². The summed E-state index contributed by atoms with van der Waals surface area (Å²) in [5, 5.41) is 13.6. The molecule has 0 radical (unpaired) electrons. The molecule has 0 aliphatic carbocycles. The van der Waals surface area contributed by atoms with Crippen LogP contribution in [0.2, 0.25) is 0 Å². The fourth-order valence-corrected chi connectivity index (χ4v) is 2.70. The van der Waals surface area contributed by atoms with Crippen molar-refractivity contribution < 1.29 is 9.72 Å². The molecule has 0 saturated carbocycles. The minimum Gasteiger partial charge on any atom is -0.347 e. The molecule has 0 aromatic carbocycles. The first-order chi connectivity index (χ1) is 8.85. The van der Waals surface area contributed by atoms with Crippen molar-refractivity contribution in [2.24, 2.45) is 11.7 Å². The van der Waals surface area contributed by atoms with Gasteiger partial charge in [0.25, 0.3) is 11.6 Å². The Hall–Kier alpha value is -1.47. The normalized spacial score (nSPS) is 12.5. The third-order valence-corrected chi connectivity index (χ3v) is 3.73. The van der Waals surface area contributed by atoms with Crippen LogP contribution < -0.4 is 11.1 Å². The molecule has 0 aliphatic heterocycles. The van der Waals surface area contributed by atoms with Gasteiger partial charge in [-0.3, -0.25) is 14.9 Å². The Morgan fingerprint density at radius 3 is 2.63 bits per heavy atom. The van der Waals surface area contributed by atoms with Gasteiger partial charge in [0.15, 0.2) is 0 Å². The fourth-order valence-electron chi connectivity index (χ4n) is 1.81. The fraction of sp³-hybridized carbons (Fsp3) is 0.583. The summed E-state index contributed by atoms with van der Waals surface area (Å²) >= 11 is 1.13. The predicted octanol–water partition coefficient (Wildman–Crippen LogP) is 2.07. The lowest BCUT2D eigenvalue weighted by Gasteiger charge is -2.18. The van der Waals surface area contributed by atoms with Crippen LogP contribution in [0.15, 0.2) is 6.07 Å². The molecule has 0 bridgehead atoms. The van der Waals surface area contributed by atoms with Crippen molar-refractivity contribution in [3.63, 3.8) is 0 Å². The van der Waals surface area contributed by atoms with Crippen molar-refractivity contribution in [1.82, 2.24) is 5.32 Å². The molecule has 106 valence electrons. The molecule has 1 heterocycles. The highest BCUT2D eigenvalue weighted by atomic mass is 32.1. The Morgan fingerprint density at radius 1 is 1.58 bits per heavy atom. The molecule has 0 spiro atoms. The average Bonchev–Trinajstić information content (AvgIpc) is 2.70. The van der Waals surface area contributed by atoms with Crippen molar-refractivity contribution in [3.8, 4) is 0 Å². The number of nitrogens with zero attached hydrogens (tertiary/aromatic N) is 1. The van der Waals surface area contributed by atoms with Gasteiger partial charge in [-0.2, -0.15) is 0 Å². The molecule has 1 aromatic rings. The molecule has 0 aliphatic rings. The number of rotatable bonds is 6. The summed E-state index contributed by atoms with van der Waals surface area (Å²) in [6.45, 7) is 6.09. The van der Waals surface area contributed by atoms with Gasteiger partial charge in [-0.1, -0.05) is 13.8 Å². The molecule has 3 N–H and O–H groups in total. The molecule has 1 aromatic heterocycles. The number of nitrogens with one attached hydrogen (secondary N) is 1. The van der Waals surface area contributed by atoms with E-state index < -0.39 is 4.92 Å². The van der Waals surface area contributed by atoms with E-state index in [2.05, 4.69) is 19.2 Å². The number of carbonyl (C=O) groups is 1. The molecule has 1 amide bonds. The molecule has 0 saturated heterocycles. The van der Waals surface area contributed by atoms with Crippen LogP contribution in [0.3, 0.4) is 0 Å². The number of carbonyl (C=O) groups excluding carboxylic acids is 1. The number of thiophene rings is 1. The monoisotopic (exact) mass is 285 g/mol. The van der Waals surface area contributed by atoms with Gasteiger partial charge in [0.2, 0.25) is 0 Å². The van der Waals surface area contributed by atoms with Gasteiger partial charge >= 0.3 is 0 Å². The smallest absolute Gasteiger partial charge is 0.283 e. The Kier molecular flexibility index (Phi) is 5.44. The van der Waals surface area contributed by atoms with E-state index >= 15 is 0 Å². The van der Waals surface area contributed by atoms with Crippen molar-refractivity contribution in [2.45, 2.75) is 33.2 Å². The van der Waals surface area contributed by atoms with Crippen molar-refractivity contribution in [2.75, 3.05) is 6.54 Å². The lowest BCUT2D eigenvalue weighted by atomic mass is 10.0. The molecule has 1 unspecified atom stereocenters. The highest BCUT2D eigenvalue weighted by Gasteiger charge is 2.21. The number of hydrogen-bond acceptors (Lipinski definition) is 5. The average molecular weight is 285 g/mol. The maximum atomic E-state index is 12.0. The molecule has 1 rings (SSSR count). The van der Waals surface area contributed by atoms with E-state index in [0.717, 1.165) is 17.8 Å². The highest BCUT2D eigenvalue weighted by Crippen LogP contribution is 2.28. The minimum atomic E-state index is -0.475. The third-order valence-electron chi connectivity index (χ3n) is 2.69. The molecular formula is C12H19N3O3S. The molecule has 7 heteroatoms. The second-order valence-electron chi connectivity index (χ2n) is 4.84. The zero-order chi connectivity index (χ0) is 14.6. The van der Waals surface area contributed by atoms with Gasteiger partial charge in [0.1, 0.15) is 0 Å². The van der Waals surface area contributed by atoms with Crippen molar-refractivity contribution in [3.05, 3.63) is 25.9 Å². The standard InChI is InChI=1S/C12H19N3O3S/c1-7(2)4-9(6-13)14-12(16)11-5-10(15(17)18)8(3)19-11/h5,7,9H,4,6,13H2,1-3H3,(H,14,16). The first-order valence-electron chi connectivity index (χ1n) is 6.10. The number of hydrogen-bond donors (Lipinski definition) is 2. The van der Waals surface area contributed by atoms with Crippen LogP contribution >= 0.6 is 11.3 Å². The Morgan fingerprint density at radius 2 is 2.21 bits per heavy atom. The summed E-state index contributed by atoms with van der Waals surface area (Å²) in [6, 6.07) is 1.21. The van der Waals surface area contributed by atoms with Crippen LogP contribution in [0.1, 0.15) is 34.8 Å². The molecule has 19 heavy (non-hydrogen) atoms.